The van der Waals surface area contributed by atoms with E-state index in [1.165, 1.54) is 0 Å². The Morgan fingerprint density at radius 3 is 2.62 bits per heavy atom. The number of ether oxygens (including phenoxy) is 1. The topological polar surface area (TPSA) is 71.8 Å². The molecule has 1 aromatic carbocycles. The lowest BCUT2D eigenvalue weighted by molar-refractivity contribution is -0.143. The van der Waals surface area contributed by atoms with Gasteiger partial charge in [0.1, 0.15) is 5.76 Å². The minimum Gasteiger partial charge on any atom is -0.467 e. The molecule has 0 spiro atoms. The Bertz CT molecular complexity index is 710. The molecule has 140 valence electrons. The van der Waals surface area contributed by atoms with Gasteiger partial charge in [0.25, 0.3) is 0 Å². The molecule has 0 aliphatic carbocycles. The van der Waals surface area contributed by atoms with Crippen LogP contribution in [0.2, 0.25) is 0 Å². The van der Waals surface area contributed by atoms with Gasteiger partial charge in [0.05, 0.1) is 25.8 Å². The van der Waals surface area contributed by atoms with Gasteiger partial charge in [-0.05, 0) is 36.6 Å². The standard InChI is InChI=1S/C20H26N2O4/c1-4-25-19(23)11-12-22(14-16-8-7-13-26-16)20(24)21-18-10-6-5-9-17(18)15(2)3/h5-10,13,15H,4,11-12,14H2,1-3H3,(H,21,24). The number of benzene rings is 1. The Labute approximate surface area is 154 Å². The summed E-state index contributed by atoms with van der Waals surface area (Å²) in [6, 6.07) is 11.0. The molecule has 1 heterocycles. The molecule has 0 aliphatic heterocycles. The summed E-state index contributed by atoms with van der Waals surface area (Å²) in [7, 11) is 0. The van der Waals surface area contributed by atoms with Gasteiger partial charge < -0.3 is 19.4 Å². The number of esters is 1. The molecule has 0 fully saturated rings. The minimum atomic E-state index is -0.327. The second-order valence-corrected chi connectivity index (χ2v) is 6.23. The van der Waals surface area contributed by atoms with Crippen molar-refractivity contribution >= 4 is 17.7 Å². The zero-order valence-electron chi connectivity index (χ0n) is 15.5. The van der Waals surface area contributed by atoms with Gasteiger partial charge in [0, 0.05) is 12.2 Å². The van der Waals surface area contributed by atoms with E-state index in [1.807, 2.05) is 24.3 Å². The number of urea groups is 1. The average molecular weight is 358 g/mol. The number of rotatable bonds is 8. The highest BCUT2D eigenvalue weighted by Gasteiger charge is 2.19. The van der Waals surface area contributed by atoms with Crippen LogP contribution in [0.3, 0.4) is 0 Å². The quantitative estimate of drug-likeness (QED) is 0.710. The van der Waals surface area contributed by atoms with Crippen LogP contribution in [0.25, 0.3) is 0 Å². The third kappa shape index (κ3) is 5.65. The molecule has 6 nitrogen and oxygen atoms in total. The van der Waals surface area contributed by atoms with Gasteiger partial charge in [-0.1, -0.05) is 32.0 Å². The summed E-state index contributed by atoms with van der Waals surface area (Å²) in [6.45, 7) is 6.76. The highest BCUT2D eigenvalue weighted by molar-refractivity contribution is 5.90. The number of amides is 2. The molecule has 1 aromatic heterocycles. The maximum atomic E-state index is 12.8. The second-order valence-electron chi connectivity index (χ2n) is 6.23. The van der Waals surface area contributed by atoms with Crippen LogP contribution in [-0.2, 0) is 16.1 Å². The fraction of sp³-hybridized carbons (Fsp3) is 0.400. The van der Waals surface area contributed by atoms with Gasteiger partial charge in [-0.25, -0.2) is 4.79 Å². The van der Waals surface area contributed by atoms with E-state index in [9.17, 15) is 9.59 Å². The van der Waals surface area contributed by atoms with E-state index in [4.69, 9.17) is 9.15 Å². The van der Waals surface area contributed by atoms with E-state index in [2.05, 4.69) is 19.2 Å². The van der Waals surface area contributed by atoms with Crippen molar-refractivity contribution in [3.8, 4) is 0 Å². The van der Waals surface area contributed by atoms with E-state index < -0.39 is 0 Å². The number of carbonyl (C=O) groups is 2. The van der Waals surface area contributed by atoms with Crippen LogP contribution >= 0.6 is 0 Å². The lowest BCUT2D eigenvalue weighted by Crippen LogP contribution is -2.36. The summed E-state index contributed by atoms with van der Waals surface area (Å²) in [4.78, 5) is 26.0. The van der Waals surface area contributed by atoms with E-state index in [0.29, 0.717) is 12.4 Å². The Morgan fingerprint density at radius 1 is 1.19 bits per heavy atom. The molecular formula is C20H26N2O4. The van der Waals surface area contributed by atoms with E-state index >= 15 is 0 Å². The Morgan fingerprint density at radius 2 is 1.96 bits per heavy atom. The maximum Gasteiger partial charge on any atom is 0.322 e. The highest BCUT2D eigenvalue weighted by Crippen LogP contribution is 2.24. The first-order valence-electron chi connectivity index (χ1n) is 8.84. The Hall–Kier alpha value is -2.76. The van der Waals surface area contributed by atoms with E-state index in [1.54, 1.807) is 30.2 Å². The van der Waals surface area contributed by atoms with Crippen molar-refractivity contribution in [1.29, 1.82) is 0 Å². The lowest BCUT2D eigenvalue weighted by atomic mass is 10.0. The zero-order valence-corrected chi connectivity index (χ0v) is 15.5. The zero-order chi connectivity index (χ0) is 18.9. The third-order valence-electron chi connectivity index (χ3n) is 3.93. The predicted octanol–water partition coefficient (Wildman–Crippen LogP) is 4.39. The number of para-hydroxylation sites is 1. The summed E-state index contributed by atoms with van der Waals surface area (Å²) < 4.78 is 10.3. The summed E-state index contributed by atoms with van der Waals surface area (Å²) in [5, 5.41) is 2.95. The minimum absolute atomic E-state index is 0.133. The molecule has 0 atom stereocenters. The number of nitrogens with zero attached hydrogens (tertiary/aromatic N) is 1. The molecule has 2 amide bonds. The molecule has 0 radical (unpaired) electrons. The van der Waals surface area contributed by atoms with Crippen molar-refractivity contribution in [2.45, 2.75) is 39.7 Å². The Kier molecular flexibility index (Phi) is 7.26. The number of carbonyl (C=O) groups excluding carboxylic acids is 2. The molecular weight excluding hydrogens is 332 g/mol. The van der Waals surface area contributed by atoms with E-state index in [0.717, 1.165) is 11.3 Å². The molecule has 0 bridgehead atoms. The Balaban J connectivity index is 2.10. The van der Waals surface area contributed by atoms with Crippen molar-refractivity contribution in [3.05, 3.63) is 54.0 Å². The lowest BCUT2D eigenvalue weighted by Gasteiger charge is -2.23. The fourth-order valence-corrected chi connectivity index (χ4v) is 2.61. The monoisotopic (exact) mass is 358 g/mol. The highest BCUT2D eigenvalue weighted by atomic mass is 16.5. The van der Waals surface area contributed by atoms with Crippen molar-refractivity contribution in [2.24, 2.45) is 0 Å². The number of anilines is 1. The van der Waals surface area contributed by atoms with Gasteiger partial charge in [-0.3, -0.25) is 4.79 Å². The SMILES string of the molecule is CCOC(=O)CCN(Cc1ccco1)C(=O)Nc1ccccc1C(C)C. The summed E-state index contributed by atoms with van der Waals surface area (Å²) >= 11 is 0. The van der Waals surface area contributed by atoms with Crippen LogP contribution in [0.4, 0.5) is 10.5 Å². The first-order valence-corrected chi connectivity index (χ1v) is 8.84. The summed E-state index contributed by atoms with van der Waals surface area (Å²) in [6.07, 6.45) is 1.69. The second kappa shape index (κ2) is 9.65. The maximum absolute atomic E-state index is 12.8. The first kappa shape index (κ1) is 19.6. The third-order valence-corrected chi connectivity index (χ3v) is 3.93. The molecule has 0 saturated heterocycles. The van der Waals surface area contributed by atoms with Crippen LogP contribution in [0.1, 0.15) is 44.4 Å². The van der Waals surface area contributed by atoms with Gasteiger partial charge in [-0.2, -0.15) is 0 Å². The van der Waals surface area contributed by atoms with Crippen LogP contribution in [0, 0.1) is 0 Å². The smallest absolute Gasteiger partial charge is 0.322 e. The van der Waals surface area contributed by atoms with E-state index in [-0.39, 0.29) is 37.4 Å². The van der Waals surface area contributed by atoms with Gasteiger partial charge >= 0.3 is 12.0 Å². The molecule has 1 N–H and O–H groups in total. The van der Waals surface area contributed by atoms with Crippen LogP contribution in [0.5, 0.6) is 0 Å². The number of nitrogens with one attached hydrogen (secondary N) is 1. The van der Waals surface area contributed by atoms with Crippen molar-refractivity contribution in [1.82, 2.24) is 4.90 Å². The summed E-state index contributed by atoms with van der Waals surface area (Å²) in [5.74, 6) is 0.609. The number of hydrogen-bond donors (Lipinski definition) is 1. The average Bonchev–Trinajstić information content (AvgIpc) is 3.12. The fourth-order valence-electron chi connectivity index (χ4n) is 2.61. The molecule has 2 rings (SSSR count). The van der Waals surface area contributed by atoms with Crippen molar-refractivity contribution in [2.75, 3.05) is 18.5 Å². The van der Waals surface area contributed by atoms with Crippen LogP contribution in [-0.4, -0.2) is 30.1 Å². The first-order chi connectivity index (χ1) is 12.5. The van der Waals surface area contributed by atoms with Gasteiger partial charge in [0.2, 0.25) is 0 Å². The molecule has 0 saturated carbocycles. The number of hydrogen-bond acceptors (Lipinski definition) is 4. The predicted molar refractivity (Wildman–Crippen MR) is 99.9 cm³/mol. The molecule has 2 aromatic rings. The van der Waals surface area contributed by atoms with Gasteiger partial charge in [0.15, 0.2) is 0 Å². The van der Waals surface area contributed by atoms with Crippen molar-refractivity contribution in [3.63, 3.8) is 0 Å². The largest absolute Gasteiger partial charge is 0.467 e. The molecule has 0 aliphatic rings. The van der Waals surface area contributed by atoms with Crippen LogP contribution in [0.15, 0.2) is 47.1 Å². The van der Waals surface area contributed by atoms with Gasteiger partial charge in [-0.15, -0.1) is 0 Å². The molecule has 6 heteroatoms. The molecule has 26 heavy (non-hydrogen) atoms. The van der Waals surface area contributed by atoms with Crippen LogP contribution < -0.4 is 5.32 Å². The molecule has 0 unspecified atom stereocenters. The number of furan rings is 1. The van der Waals surface area contributed by atoms with Crippen molar-refractivity contribution < 1.29 is 18.7 Å². The normalized spacial score (nSPS) is 10.6. The summed E-state index contributed by atoms with van der Waals surface area (Å²) in [5.41, 5.74) is 1.83.